The van der Waals surface area contributed by atoms with Crippen molar-refractivity contribution in [1.29, 1.82) is 0 Å². The number of ether oxygens (including phenoxy) is 1. The number of rotatable bonds is 5. The first-order chi connectivity index (χ1) is 15.3. The van der Waals surface area contributed by atoms with E-state index >= 15 is 0 Å². The lowest BCUT2D eigenvalue weighted by Gasteiger charge is -2.06. The molecule has 0 saturated carbocycles. The predicted octanol–water partition coefficient (Wildman–Crippen LogP) is 4.61. The van der Waals surface area contributed by atoms with Gasteiger partial charge >= 0.3 is 17.8 Å². The first-order valence-electron chi connectivity index (χ1n) is 9.31. The van der Waals surface area contributed by atoms with Crippen LogP contribution in [0.3, 0.4) is 0 Å². The van der Waals surface area contributed by atoms with Crippen LogP contribution < -0.4 is 15.5 Å². The van der Waals surface area contributed by atoms with Crippen LogP contribution in [0.1, 0.15) is 21.5 Å². The molecule has 2 N–H and O–H groups in total. The fourth-order valence-corrected chi connectivity index (χ4v) is 2.92. The quantitative estimate of drug-likeness (QED) is 0.187. The maximum absolute atomic E-state index is 12.3. The third-order valence-corrected chi connectivity index (χ3v) is 4.91. The number of nitrogens with one attached hydrogen (secondary N) is 2. The molecule has 0 aliphatic carbocycles. The number of aryl methyl sites for hydroxylation is 1. The lowest BCUT2D eigenvalue weighted by molar-refractivity contribution is -0.136. The van der Waals surface area contributed by atoms with Crippen LogP contribution >= 0.6 is 23.2 Å². The SMILES string of the molecule is Cc1ccc(NC(=O)C(=O)N/N=C/c2cccc(OC(=O)c3ccccc3Cl)c2)cc1Cl. The highest BCUT2D eigenvalue weighted by Crippen LogP contribution is 2.20. The summed E-state index contributed by atoms with van der Waals surface area (Å²) < 4.78 is 5.32. The smallest absolute Gasteiger partial charge is 0.345 e. The van der Waals surface area contributed by atoms with Gasteiger partial charge in [-0.2, -0.15) is 5.10 Å². The van der Waals surface area contributed by atoms with Gasteiger partial charge in [0.15, 0.2) is 0 Å². The van der Waals surface area contributed by atoms with Gasteiger partial charge in [0.1, 0.15) is 5.75 Å². The number of hydrogen-bond donors (Lipinski definition) is 2. The van der Waals surface area contributed by atoms with Crippen molar-refractivity contribution in [3.05, 3.63) is 93.5 Å². The van der Waals surface area contributed by atoms with Gasteiger partial charge in [-0.15, -0.1) is 0 Å². The lowest BCUT2D eigenvalue weighted by atomic mass is 10.2. The van der Waals surface area contributed by atoms with E-state index in [0.717, 1.165) is 5.56 Å². The molecule has 0 aromatic heterocycles. The Morgan fingerprint density at radius 3 is 2.44 bits per heavy atom. The van der Waals surface area contributed by atoms with Crippen LogP contribution in [-0.2, 0) is 9.59 Å². The van der Waals surface area contributed by atoms with Crippen LogP contribution in [0.5, 0.6) is 5.75 Å². The van der Waals surface area contributed by atoms with Gasteiger partial charge in [-0.05, 0) is 54.4 Å². The average molecular weight is 470 g/mol. The summed E-state index contributed by atoms with van der Waals surface area (Å²) in [5.41, 5.74) is 4.13. The van der Waals surface area contributed by atoms with E-state index < -0.39 is 17.8 Å². The number of anilines is 1. The van der Waals surface area contributed by atoms with E-state index in [4.69, 9.17) is 27.9 Å². The molecule has 3 aromatic rings. The van der Waals surface area contributed by atoms with Crippen molar-refractivity contribution in [2.75, 3.05) is 5.32 Å². The third kappa shape index (κ3) is 6.16. The van der Waals surface area contributed by atoms with Gasteiger partial charge in [-0.25, -0.2) is 10.2 Å². The minimum Gasteiger partial charge on any atom is -0.423 e. The van der Waals surface area contributed by atoms with Crippen LogP contribution in [-0.4, -0.2) is 24.0 Å². The molecule has 0 radical (unpaired) electrons. The van der Waals surface area contributed by atoms with Gasteiger partial charge in [0.05, 0.1) is 16.8 Å². The Labute approximate surface area is 194 Å². The van der Waals surface area contributed by atoms with Crippen molar-refractivity contribution in [3.63, 3.8) is 0 Å². The second kappa shape index (κ2) is 10.6. The Balaban J connectivity index is 1.57. The Bertz CT molecular complexity index is 1210. The Morgan fingerprint density at radius 1 is 0.906 bits per heavy atom. The standard InChI is InChI=1S/C23H17Cl2N3O4/c1-14-9-10-16(12-20(14)25)27-21(29)22(30)28-26-13-15-5-4-6-17(11-15)32-23(31)18-7-2-3-8-19(18)24/h2-13H,1H3,(H,27,29)(H,28,30)/b26-13+. The van der Waals surface area contributed by atoms with E-state index in [-0.39, 0.29) is 16.3 Å². The zero-order valence-electron chi connectivity index (χ0n) is 16.8. The van der Waals surface area contributed by atoms with Crippen molar-refractivity contribution in [1.82, 2.24) is 5.43 Å². The lowest BCUT2D eigenvalue weighted by Crippen LogP contribution is -2.32. The molecule has 0 aliphatic rings. The molecule has 0 spiro atoms. The minimum absolute atomic E-state index is 0.237. The Hall–Kier alpha value is -3.68. The Kier molecular flexibility index (Phi) is 7.59. The number of esters is 1. The van der Waals surface area contributed by atoms with E-state index in [1.165, 1.54) is 6.21 Å². The summed E-state index contributed by atoms with van der Waals surface area (Å²) in [6, 6.07) is 17.9. The predicted molar refractivity (Wildman–Crippen MR) is 123 cm³/mol. The number of hydrazone groups is 1. The number of carbonyl (C=O) groups excluding carboxylic acids is 3. The molecular formula is C23H17Cl2N3O4. The van der Waals surface area contributed by atoms with E-state index in [9.17, 15) is 14.4 Å². The topological polar surface area (TPSA) is 96.9 Å². The van der Waals surface area contributed by atoms with Crippen molar-refractivity contribution in [2.45, 2.75) is 6.92 Å². The van der Waals surface area contributed by atoms with Crippen molar-refractivity contribution in [3.8, 4) is 5.75 Å². The maximum Gasteiger partial charge on any atom is 0.345 e. The number of benzene rings is 3. The molecular weight excluding hydrogens is 453 g/mol. The summed E-state index contributed by atoms with van der Waals surface area (Å²) in [7, 11) is 0. The molecule has 0 atom stereocenters. The average Bonchev–Trinajstić information content (AvgIpc) is 2.76. The number of nitrogens with zero attached hydrogens (tertiary/aromatic N) is 1. The summed E-state index contributed by atoms with van der Waals surface area (Å²) >= 11 is 12.0. The highest BCUT2D eigenvalue weighted by atomic mass is 35.5. The largest absolute Gasteiger partial charge is 0.423 e. The molecule has 0 bridgehead atoms. The van der Waals surface area contributed by atoms with Crippen LogP contribution in [0.2, 0.25) is 10.0 Å². The molecule has 162 valence electrons. The monoisotopic (exact) mass is 469 g/mol. The van der Waals surface area contributed by atoms with E-state index in [0.29, 0.717) is 16.3 Å². The van der Waals surface area contributed by atoms with Crippen LogP contribution in [0.25, 0.3) is 0 Å². The molecule has 3 rings (SSSR count). The van der Waals surface area contributed by atoms with Gasteiger partial charge in [-0.3, -0.25) is 9.59 Å². The molecule has 3 aromatic carbocycles. The molecule has 9 heteroatoms. The molecule has 7 nitrogen and oxygen atoms in total. The third-order valence-electron chi connectivity index (χ3n) is 4.18. The van der Waals surface area contributed by atoms with Crippen molar-refractivity contribution >= 4 is 52.9 Å². The molecule has 0 aliphatic heterocycles. The van der Waals surface area contributed by atoms with E-state index in [1.807, 2.05) is 6.92 Å². The Morgan fingerprint density at radius 2 is 1.69 bits per heavy atom. The first-order valence-corrected chi connectivity index (χ1v) is 10.1. The number of amides is 2. The normalized spacial score (nSPS) is 10.6. The van der Waals surface area contributed by atoms with Gasteiger partial charge in [0, 0.05) is 10.7 Å². The van der Waals surface area contributed by atoms with Crippen LogP contribution in [0.15, 0.2) is 71.8 Å². The fourth-order valence-electron chi connectivity index (χ4n) is 2.52. The maximum atomic E-state index is 12.3. The summed E-state index contributed by atoms with van der Waals surface area (Å²) in [5, 5.41) is 6.94. The van der Waals surface area contributed by atoms with Crippen molar-refractivity contribution < 1.29 is 19.1 Å². The molecule has 0 saturated heterocycles. The number of hydrogen-bond acceptors (Lipinski definition) is 5. The van der Waals surface area contributed by atoms with Crippen LogP contribution in [0, 0.1) is 6.92 Å². The van der Waals surface area contributed by atoms with Gasteiger partial charge in [0.2, 0.25) is 0 Å². The molecule has 32 heavy (non-hydrogen) atoms. The summed E-state index contributed by atoms with van der Waals surface area (Å²) in [5.74, 6) is -2.20. The second-order valence-electron chi connectivity index (χ2n) is 6.56. The highest BCUT2D eigenvalue weighted by molar-refractivity contribution is 6.40. The van der Waals surface area contributed by atoms with Gasteiger partial charge < -0.3 is 10.1 Å². The number of carbonyl (C=O) groups is 3. The van der Waals surface area contributed by atoms with Gasteiger partial charge in [-0.1, -0.05) is 53.5 Å². The van der Waals surface area contributed by atoms with E-state index in [1.54, 1.807) is 66.7 Å². The molecule has 0 fully saturated rings. The first kappa shape index (κ1) is 23.0. The van der Waals surface area contributed by atoms with Gasteiger partial charge in [0.25, 0.3) is 0 Å². The highest BCUT2D eigenvalue weighted by Gasteiger charge is 2.14. The summed E-state index contributed by atoms with van der Waals surface area (Å²) in [6.07, 6.45) is 1.31. The zero-order valence-corrected chi connectivity index (χ0v) is 18.3. The molecule has 0 unspecified atom stereocenters. The minimum atomic E-state index is -0.959. The molecule has 0 heterocycles. The van der Waals surface area contributed by atoms with Crippen molar-refractivity contribution in [2.24, 2.45) is 5.10 Å². The second-order valence-corrected chi connectivity index (χ2v) is 7.37. The summed E-state index contributed by atoms with van der Waals surface area (Å²) in [4.78, 5) is 36.2. The van der Waals surface area contributed by atoms with E-state index in [2.05, 4.69) is 15.8 Å². The fraction of sp³-hybridized carbons (Fsp3) is 0.0435. The summed E-state index contributed by atoms with van der Waals surface area (Å²) in [6.45, 7) is 1.82. The number of halogens is 2. The molecule has 2 amide bonds. The van der Waals surface area contributed by atoms with Crippen LogP contribution in [0.4, 0.5) is 5.69 Å². The zero-order chi connectivity index (χ0) is 23.1.